The molecule has 21 heavy (non-hydrogen) atoms. The Labute approximate surface area is 118 Å². The molecule has 3 nitrogen and oxygen atoms in total. The number of esters is 1. The minimum atomic E-state index is -2.26. The molecule has 1 rings (SSSR count). The van der Waals surface area contributed by atoms with E-state index in [9.17, 15) is 26.7 Å². The summed E-state index contributed by atoms with van der Waals surface area (Å²) >= 11 is 0. The van der Waals surface area contributed by atoms with Crippen molar-refractivity contribution in [2.45, 2.75) is 39.3 Å². The van der Waals surface area contributed by atoms with Crippen molar-refractivity contribution >= 4 is 11.7 Å². The normalized spacial score (nSPS) is 13.0. The Kier molecular flexibility index (Phi) is 4.80. The fourth-order valence-corrected chi connectivity index (χ4v) is 1.40. The molecule has 0 fully saturated rings. The largest absolute Gasteiger partial charge is 0.458 e. The van der Waals surface area contributed by atoms with E-state index < -0.39 is 52.4 Å². The SMILES string of the molecule is CC(Nc1c(F)c(F)c(F)c(F)c1F)C(=O)OC(C)(C)C. The van der Waals surface area contributed by atoms with Gasteiger partial charge in [0.2, 0.25) is 5.82 Å². The molecule has 0 saturated carbocycles. The average molecular weight is 311 g/mol. The summed E-state index contributed by atoms with van der Waals surface area (Å²) in [6.45, 7) is 5.87. The van der Waals surface area contributed by atoms with Crippen LogP contribution in [-0.2, 0) is 9.53 Å². The van der Waals surface area contributed by atoms with Gasteiger partial charge in [-0.1, -0.05) is 0 Å². The smallest absolute Gasteiger partial charge is 0.328 e. The maximum atomic E-state index is 13.4. The molecule has 1 N–H and O–H groups in total. The Morgan fingerprint density at radius 2 is 1.33 bits per heavy atom. The second-order valence-electron chi connectivity index (χ2n) is 5.34. The molecule has 0 heterocycles. The maximum absolute atomic E-state index is 13.4. The summed E-state index contributed by atoms with van der Waals surface area (Å²) in [7, 11) is 0. The van der Waals surface area contributed by atoms with Gasteiger partial charge in [-0.3, -0.25) is 0 Å². The highest BCUT2D eigenvalue weighted by atomic mass is 19.2. The van der Waals surface area contributed by atoms with Crippen LogP contribution in [-0.4, -0.2) is 17.6 Å². The number of halogens is 5. The van der Waals surface area contributed by atoms with E-state index in [-0.39, 0.29) is 0 Å². The van der Waals surface area contributed by atoms with Gasteiger partial charge in [0.25, 0.3) is 0 Å². The molecule has 118 valence electrons. The zero-order chi connectivity index (χ0) is 16.5. The van der Waals surface area contributed by atoms with Gasteiger partial charge in [-0.05, 0) is 27.7 Å². The molecule has 0 spiro atoms. The second-order valence-corrected chi connectivity index (χ2v) is 5.34. The molecule has 1 aromatic carbocycles. The number of rotatable bonds is 3. The number of ether oxygens (including phenoxy) is 1. The summed E-state index contributed by atoms with van der Waals surface area (Å²) in [5, 5.41) is 1.94. The summed E-state index contributed by atoms with van der Waals surface area (Å²) in [5.74, 6) is -11.4. The van der Waals surface area contributed by atoms with Crippen molar-refractivity contribution in [1.29, 1.82) is 0 Å². The van der Waals surface area contributed by atoms with E-state index in [1.165, 1.54) is 6.92 Å². The lowest BCUT2D eigenvalue weighted by atomic mass is 10.2. The molecule has 8 heteroatoms. The number of carbonyl (C=O) groups is 1. The third-order valence-corrected chi connectivity index (χ3v) is 2.33. The number of nitrogens with one attached hydrogen (secondary N) is 1. The molecule has 0 aliphatic carbocycles. The molecule has 0 aromatic heterocycles. The molecule has 1 atom stereocenters. The summed E-state index contributed by atoms with van der Waals surface area (Å²) in [4.78, 5) is 11.6. The number of hydrogen-bond acceptors (Lipinski definition) is 3. The maximum Gasteiger partial charge on any atom is 0.328 e. The Bertz CT molecular complexity index is 540. The van der Waals surface area contributed by atoms with Crippen molar-refractivity contribution < 1.29 is 31.5 Å². The monoisotopic (exact) mass is 311 g/mol. The quantitative estimate of drug-likeness (QED) is 0.402. The zero-order valence-corrected chi connectivity index (χ0v) is 11.8. The summed E-state index contributed by atoms with van der Waals surface area (Å²) in [6.07, 6.45) is 0. The van der Waals surface area contributed by atoms with Gasteiger partial charge in [-0.15, -0.1) is 0 Å². The van der Waals surface area contributed by atoms with Crippen molar-refractivity contribution in [3.05, 3.63) is 29.1 Å². The van der Waals surface area contributed by atoms with Crippen LogP contribution >= 0.6 is 0 Å². The zero-order valence-electron chi connectivity index (χ0n) is 11.8. The molecule has 0 bridgehead atoms. The first-order valence-corrected chi connectivity index (χ1v) is 5.96. The highest BCUT2D eigenvalue weighted by Crippen LogP contribution is 2.27. The number of carbonyl (C=O) groups excluding carboxylic acids is 1. The lowest BCUT2D eigenvalue weighted by molar-refractivity contribution is -0.155. The van der Waals surface area contributed by atoms with E-state index in [0.717, 1.165) is 0 Å². The van der Waals surface area contributed by atoms with Gasteiger partial charge in [0.05, 0.1) is 0 Å². The average Bonchev–Trinajstić information content (AvgIpc) is 2.37. The molecule has 0 aliphatic heterocycles. The van der Waals surface area contributed by atoms with E-state index in [4.69, 9.17) is 4.74 Å². The van der Waals surface area contributed by atoms with E-state index in [1.807, 2.05) is 5.32 Å². The topological polar surface area (TPSA) is 38.3 Å². The van der Waals surface area contributed by atoms with Gasteiger partial charge in [0.15, 0.2) is 23.3 Å². The lowest BCUT2D eigenvalue weighted by Gasteiger charge is -2.23. The van der Waals surface area contributed by atoms with Crippen molar-refractivity contribution in [2.75, 3.05) is 5.32 Å². The Morgan fingerprint density at radius 1 is 0.952 bits per heavy atom. The van der Waals surface area contributed by atoms with Gasteiger partial charge in [0, 0.05) is 0 Å². The van der Waals surface area contributed by atoms with Crippen LogP contribution in [0, 0.1) is 29.1 Å². The molecule has 0 amide bonds. The molecular formula is C13H14F5NO2. The predicted molar refractivity (Wildman–Crippen MR) is 65.2 cm³/mol. The van der Waals surface area contributed by atoms with Crippen molar-refractivity contribution in [2.24, 2.45) is 0 Å². The van der Waals surface area contributed by atoms with Crippen LogP contribution in [0.25, 0.3) is 0 Å². The van der Waals surface area contributed by atoms with Crippen LogP contribution in [0.1, 0.15) is 27.7 Å². The standard InChI is InChI=1S/C13H14F5NO2/c1-5(12(20)21-13(2,3)4)19-11-9(17)7(15)6(14)8(16)10(11)18/h5,19H,1-4H3. The molecule has 0 saturated heterocycles. The fraction of sp³-hybridized carbons (Fsp3) is 0.462. The van der Waals surface area contributed by atoms with E-state index >= 15 is 0 Å². The van der Waals surface area contributed by atoms with Crippen LogP contribution in [0.3, 0.4) is 0 Å². The summed E-state index contributed by atoms with van der Waals surface area (Å²) in [6, 6.07) is -1.31. The van der Waals surface area contributed by atoms with Crippen LogP contribution in [0.4, 0.5) is 27.6 Å². The summed E-state index contributed by atoms with van der Waals surface area (Å²) in [5.41, 5.74) is -2.13. The van der Waals surface area contributed by atoms with Crippen LogP contribution < -0.4 is 5.32 Å². The third kappa shape index (κ3) is 3.83. The van der Waals surface area contributed by atoms with Gasteiger partial charge in [-0.25, -0.2) is 26.7 Å². The number of hydrogen-bond donors (Lipinski definition) is 1. The predicted octanol–water partition coefficient (Wildman–Crippen LogP) is 3.52. The Hall–Kier alpha value is -1.86. The lowest BCUT2D eigenvalue weighted by Crippen LogP contribution is -2.35. The highest BCUT2D eigenvalue weighted by molar-refractivity contribution is 5.79. The van der Waals surface area contributed by atoms with Gasteiger partial charge < -0.3 is 10.1 Å². The third-order valence-electron chi connectivity index (χ3n) is 2.33. The molecular weight excluding hydrogens is 297 g/mol. The number of anilines is 1. The van der Waals surface area contributed by atoms with E-state index in [1.54, 1.807) is 20.8 Å². The Morgan fingerprint density at radius 3 is 1.71 bits per heavy atom. The molecule has 0 radical (unpaired) electrons. The van der Waals surface area contributed by atoms with Gasteiger partial charge in [-0.2, -0.15) is 0 Å². The summed E-state index contributed by atoms with van der Waals surface area (Å²) < 4.78 is 70.7. The highest BCUT2D eigenvalue weighted by Gasteiger charge is 2.29. The number of benzene rings is 1. The first kappa shape index (κ1) is 17.2. The Balaban J connectivity index is 3.06. The van der Waals surface area contributed by atoms with Crippen LogP contribution in [0.15, 0.2) is 0 Å². The van der Waals surface area contributed by atoms with Crippen molar-refractivity contribution in [1.82, 2.24) is 0 Å². The second kappa shape index (κ2) is 5.87. The first-order valence-electron chi connectivity index (χ1n) is 5.96. The molecule has 1 unspecified atom stereocenters. The van der Waals surface area contributed by atoms with Gasteiger partial charge >= 0.3 is 5.97 Å². The first-order chi connectivity index (χ1) is 9.45. The van der Waals surface area contributed by atoms with E-state index in [0.29, 0.717) is 0 Å². The van der Waals surface area contributed by atoms with Crippen LogP contribution in [0.2, 0.25) is 0 Å². The van der Waals surface area contributed by atoms with Crippen molar-refractivity contribution in [3.8, 4) is 0 Å². The molecule has 1 aromatic rings. The van der Waals surface area contributed by atoms with E-state index in [2.05, 4.69) is 0 Å². The van der Waals surface area contributed by atoms with Gasteiger partial charge in [0.1, 0.15) is 17.3 Å². The minimum Gasteiger partial charge on any atom is -0.458 e. The molecule has 0 aliphatic rings. The van der Waals surface area contributed by atoms with Crippen LogP contribution in [0.5, 0.6) is 0 Å². The minimum absolute atomic E-state index is 0.858. The van der Waals surface area contributed by atoms with Crippen molar-refractivity contribution in [3.63, 3.8) is 0 Å². The fourth-order valence-electron chi connectivity index (χ4n) is 1.40.